The van der Waals surface area contributed by atoms with Gasteiger partial charge in [0.2, 0.25) is 0 Å². The summed E-state index contributed by atoms with van der Waals surface area (Å²) in [5.41, 5.74) is 7.55. The number of aryl methyl sites for hydroxylation is 2. The van der Waals surface area contributed by atoms with Gasteiger partial charge in [0, 0.05) is 0 Å². The van der Waals surface area contributed by atoms with E-state index in [0.29, 0.717) is 11.3 Å². The third kappa shape index (κ3) is 5.58. The van der Waals surface area contributed by atoms with E-state index in [2.05, 4.69) is 72.8 Å². The van der Waals surface area contributed by atoms with Gasteiger partial charge >= 0.3 is 0 Å². The molecule has 0 radical (unpaired) electrons. The molecule has 1 aromatic heterocycles. The summed E-state index contributed by atoms with van der Waals surface area (Å²) in [6.07, 6.45) is 0. The highest BCUT2D eigenvalue weighted by atomic mass is 32.1. The molecule has 4 aromatic carbocycles. The number of hydrogen-bond acceptors (Lipinski definition) is 4. The second-order valence-electron chi connectivity index (χ2n) is 8.45. The number of rotatable bonds is 4. The van der Waals surface area contributed by atoms with Gasteiger partial charge in [0.15, 0.2) is 5.78 Å². The maximum absolute atomic E-state index is 11.6. The lowest BCUT2D eigenvalue weighted by Gasteiger charge is -2.09. The summed E-state index contributed by atoms with van der Waals surface area (Å²) in [4.78, 5) is 23.0. The molecule has 5 aromatic rings. The van der Waals surface area contributed by atoms with Gasteiger partial charge in [0.1, 0.15) is 5.75 Å². The van der Waals surface area contributed by atoms with Crippen LogP contribution in [0.15, 0.2) is 89.7 Å². The Morgan fingerprint density at radius 3 is 1.80 bits per heavy atom. The first kappa shape index (κ1) is 24.2. The van der Waals surface area contributed by atoms with Crippen molar-refractivity contribution in [3.63, 3.8) is 0 Å². The zero-order valence-corrected chi connectivity index (χ0v) is 21.0. The quantitative estimate of drug-likeness (QED) is 0.271. The van der Waals surface area contributed by atoms with Crippen molar-refractivity contribution in [2.45, 2.75) is 20.8 Å². The highest BCUT2D eigenvalue weighted by Crippen LogP contribution is 2.27. The number of ketones is 1. The van der Waals surface area contributed by atoms with Crippen molar-refractivity contribution >= 4 is 27.4 Å². The molecule has 0 saturated heterocycles. The van der Waals surface area contributed by atoms with Crippen LogP contribution in [0.3, 0.4) is 0 Å². The number of benzene rings is 4. The molecule has 0 saturated carbocycles. The van der Waals surface area contributed by atoms with Gasteiger partial charge in [-0.15, -0.1) is 0 Å². The first-order valence-electron chi connectivity index (χ1n) is 11.3. The van der Waals surface area contributed by atoms with Gasteiger partial charge in [-0.05, 0) is 67.3 Å². The predicted molar refractivity (Wildman–Crippen MR) is 146 cm³/mol. The van der Waals surface area contributed by atoms with E-state index < -0.39 is 0 Å². The fourth-order valence-corrected chi connectivity index (χ4v) is 4.55. The third-order valence-corrected chi connectivity index (χ3v) is 6.67. The Kier molecular flexibility index (Phi) is 7.28. The van der Waals surface area contributed by atoms with Gasteiger partial charge in [0.05, 0.1) is 22.8 Å². The molecule has 0 aliphatic rings. The molecule has 35 heavy (non-hydrogen) atoms. The van der Waals surface area contributed by atoms with Crippen LogP contribution in [0, 0.1) is 13.8 Å². The number of carbonyl (C=O) groups excluding carboxylic acids is 1. The summed E-state index contributed by atoms with van der Waals surface area (Å²) in [6.45, 7) is 5.68. The molecule has 1 heterocycles. The molecular weight excluding hydrogens is 454 g/mol. The van der Waals surface area contributed by atoms with E-state index in [4.69, 9.17) is 4.74 Å². The van der Waals surface area contributed by atoms with Gasteiger partial charge < -0.3 is 4.74 Å². The number of ether oxygens (including phenoxy) is 1. The van der Waals surface area contributed by atoms with Crippen LogP contribution >= 0.6 is 11.5 Å². The maximum Gasteiger partial charge on any atom is 0.265 e. The van der Waals surface area contributed by atoms with Crippen molar-refractivity contribution in [2.75, 3.05) is 7.11 Å². The van der Waals surface area contributed by atoms with Crippen LogP contribution in [0.2, 0.25) is 0 Å². The summed E-state index contributed by atoms with van der Waals surface area (Å²) < 4.78 is 8.95. The van der Waals surface area contributed by atoms with Crippen LogP contribution < -0.4 is 10.3 Å². The Morgan fingerprint density at radius 1 is 0.743 bits per heavy atom. The highest BCUT2D eigenvalue weighted by molar-refractivity contribution is 7.13. The fraction of sp³-hybridized carbons (Fsp3) is 0.133. The minimum Gasteiger partial charge on any atom is -0.496 e. The number of carbonyl (C=O) groups is 1. The molecule has 0 spiro atoms. The van der Waals surface area contributed by atoms with E-state index in [1.54, 1.807) is 14.0 Å². The lowest BCUT2D eigenvalue weighted by Crippen LogP contribution is -1.97. The maximum atomic E-state index is 11.6. The molecule has 0 unspecified atom stereocenters. The SMILES string of the molecule is COc1ccc(-c2ccc(C)cc2)cc1C(C)=O.Cc1ccc(-c2ccc3c(=O)[nH]sc3c2)cc1. The molecule has 176 valence electrons. The largest absolute Gasteiger partial charge is 0.496 e. The molecule has 0 bridgehead atoms. The van der Waals surface area contributed by atoms with Crippen LogP contribution in [0.4, 0.5) is 0 Å². The number of aromatic amines is 1. The molecule has 5 heteroatoms. The van der Waals surface area contributed by atoms with Crippen molar-refractivity contribution in [1.82, 2.24) is 4.37 Å². The zero-order valence-electron chi connectivity index (χ0n) is 20.2. The van der Waals surface area contributed by atoms with Crippen LogP contribution in [-0.4, -0.2) is 17.3 Å². The molecule has 0 atom stereocenters. The minimum absolute atomic E-state index is 0.000422. The molecular formula is C30H27NO3S. The summed E-state index contributed by atoms with van der Waals surface area (Å²) in [5, 5.41) is 0.769. The van der Waals surface area contributed by atoms with Gasteiger partial charge in [-0.1, -0.05) is 83.3 Å². The second-order valence-corrected chi connectivity index (χ2v) is 9.30. The normalized spacial score (nSPS) is 10.5. The first-order valence-corrected chi connectivity index (χ1v) is 12.1. The number of nitrogens with one attached hydrogen (secondary N) is 1. The van der Waals surface area contributed by atoms with Crippen molar-refractivity contribution in [3.8, 4) is 28.0 Å². The topological polar surface area (TPSA) is 59.2 Å². The van der Waals surface area contributed by atoms with Crippen molar-refractivity contribution in [2.24, 2.45) is 0 Å². The molecule has 0 fully saturated rings. The number of hydrogen-bond donors (Lipinski definition) is 1. The smallest absolute Gasteiger partial charge is 0.265 e. The molecule has 0 amide bonds. The molecule has 4 nitrogen and oxygen atoms in total. The van der Waals surface area contributed by atoms with E-state index in [0.717, 1.165) is 26.8 Å². The monoisotopic (exact) mass is 481 g/mol. The fourth-order valence-electron chi connectivity index (χ4n) is 3.78. The van der Waals surface area contributed by atoms with Crippen LogP contribution in [0.1, 0.15) is 28.4 Å². The van der Waals surface area contributed by atoms with E-state index in [9.17, 15) is 9.59 Å². The summed E-state index contributed by atoms with van der Waals surface area (Å²) >= 11 is 1.39. The Labute approximate surface area is 209 Å². The van der Waals surface area contributed by atoms with Crippen LogP contribution in [0.25, 0.3) is 32.3 Å². The molecule has 1 N–H and O–H groups in total. The first-order chi connectivity index (χ1) is 16.9. The number of Topliss-reactive ketones (excluding diaryl/α,β-unsaturated/α-hetero) is 1. The summed E-state index contributed by atoms with van der Waals surface area (Å²) in [7, 11) is 1.58. The highest BCUT2D eigenvalue weighted by Gasteiger charge is 2.09. The summed E-state index contributed by atoms with van der Waals surface area (Å²) in [6, 6.07) is 28.3. The number of H-pyrrole nitrogens is 1. The van der Waals surface area contributed by atoms with Crippen LogP contribution in [0.5, 0.6) is 5.75 Å². The van der Waals surface area contributed by atoms with E-state index in [1.165, 1.54) is 28.2 Å². The van der Waals surface area contributed by atoms with Gasteiger partial charge in [-0.2, -0.15) is 0 Å². The lowest BCUT2D eigenvalue weighted by molar-refractivity contribution is 0.101. The van der Waals surface area contributed by atoms with Crippen molar-refractivity contribution in [3.05, 3.63) is 112 Å². The van der Waals surface area contributed by atoms with E-state index in [1.807, 2.05) is 30.3 Å². The van der Waals surface area contributed by atoms with Crippen molar-refractivity contribution < 1.29 is 9.53 Å². The molecule has 0 aliphatic heterocycles. The average molecular weight is 482 g/mol. The Morgan fingerprint density at radius 2 is 1.26 bits per heavy atom. The Hall–Kier alpha value is -3.96. The molecule has 0 aliphatic carbocycles. The Balaban J connectivity index is 0.000000165. The third-order valence-electron chi connectivity index (χ3n) is 5.83. The minimum atomic E-state index is 0.000422. The van der Waals surface area contributed by atoms with E-state index in [-0.39, 0.29) is 11.3 Å². The zero-order chi connectivity index (χ0) is 24.9. The Bertz CT molecular complexity index is 1530. The van der Waals surface area contributed by atoms with Gasteiger partial charge in [0.25, 0.3) is 5.56 Å². The standard InChI is InChI=1S/C16H16O2.C14H11NOS/c1-11-4-6-13(7-5-11)14-8-9-16(18-3)15(10-14)12(2)17;1-9-2-4-10(5-3-9)11-6-7-12-13(8-11)17-15-14(12)16/h4-10H,1-3H3;2-8H,1H3,(H,15,16). The predicted octanol–water partition coefficient (Wildman–Crippen LogP) is 7.44. The average Bonchev–Trinajstić information content (AvgIpc) is 3.25. The van der Waals surface area contributed by atoms with Crippen LogP contribution in [-0.2, 0) is 0 Å². The number of fused-ring (bicyclic) bond motifs is 1. The van der Waals surface area contributed by atoms with Crippen molar-refractivity contribution in [1.29, 1.82) is 0 Å². The molecule has 5 rings (SSSR count). The number of aromatic nitrogens is 1. The van der Waals surface area contributed by atoms with Gasteiger partial charge in [-0.3, -0.25) is 14.0 Å². The number of methoxy groups -OCH3 is 1. The van der Waals surface area contributed by atoms with Gasteiger partial charge in [-0.25, -0.2) is 0 Å². The van der Waals surface area contributed by atoms with E-state index >= 15 is 0 Å². The lowest BCUT2D eigenvalue weighted by atomic mass is 10.00. The summed E-state index contributed by atoms with van der Waals surface area (Å²) in [5.74, 6) is 0.638. The second kappa shape index (κ2) is 10.5.